The first-order valence-electron chi connectivity index (χ1n) is 9.20. The minimum absolute atomic E-state index is 0.160. The van der Waals surface area contributed by atoms with Crippen LogP contribution in [0, 0.1) is 0 Å². The molecule has 160 valence electrons. The number of rotatable bonds is 7. The molecule has 0 aliphatic rings. The van der Waals surface area contributed by atoms with E-state index in [0.717, 1.165) is 0 Å². The molecule has 1 heterocycles. The van der Waals surface area contributed by atoms with Crippen molar-refractivity contribution in [2.24, 2.45) is 0 Å². The maximum Gasteiger partial charge on any atom is 0.339 e. The first-order valence-corrected chi connectivity index (χ1v) is 10.5. The molecule has 0 aliphatic heterocycles. The Hall–Kier alpha value is -3.43. The fraction of sp³-hybridized carbons (Fsp3) is 0.143. The normalized spacial score (nSPS) is 10.3. The Bertz CT molecular complexity index is 1100. The summed E-state index contributed by atoms with van der Waals surface area (Å²) in [4.78, 5) is 40.5. The monoisotopic (exact) mass is 458 g/mol. The highest BCUT2D eigenvalue weighted by Gasteiger charge is 2.14. The van der Waals surface area contributed by atoms with Crippen LogP contribution in [0.3, 0.4) is 0 Å². The molecule has 0 spiro atoms. The predicted molar refractivity (Wildman–Crippen MR) is 121 cm³/mol. The van der Waals surface area contributed by atoms with Gasteiger partial charge in [0, 0.05) is 22.5 Å². The number of hydrogen-bond acceptors (Lipinski definition) is 6. The molecule has 0 saturated heterocycles. The quantitative estimate of drug-likeness (QED) is 0.440. The van der Waals surface area contributed by atoms with Crippen molar-refractivity contribution in [3.8, 4) is 0 Å². The number of ether oxygens (including phenoxy) is 1. The van der Waals surface area contributed by atoms with Crippen LogP contribution in [-0.4, -0.2) is 30.0 Å². The summed E-state index contributed by atoms with van der Waals surface area (Å²) in [7, 11) is 1.28. The van der Waals surface area contributed by atoms with Crippen molar-refractivity contribution in [2.75, 3.05) is 23.1 Å². The second-order valence-electron chi connectivity index (χ2n) is 6.32. The second kappa shape index (κ2) is 10.6. The van der Waals surface area contributed by atoms with E-state index < -0.39 is 12.0 Å². The van der Waals surface area contributed by atoms with E-state index in [-0.39, 0.29) is 17.9 Å². The van der Waals surface area contributed by atoms with Gasteiger partial charge in [0.15, 0.2) is 5.13 Å². The molecule has 3 amide bonds. The van der Waals surface area contributed by atoms with Gasteiger partial charge in [0.1, 0.15) is 0 Å². The SMILES string of the molecule is COC(=O)c1ccccc1NC(=O)CCc1csc(NC(=O)Nc2cccc(Cl)c2)n1. The summed E-state index contributed by atoms with van der Waals surface area (Å²) in [6.45, 7) is 0. The Morgan fingerprint density at radius 2 is 1.87 bits per heavy atom. The van der Waals surface area contributed by atoms with Crippen molar-refractivity contribution in [2.45, 2.75) is 12.8 Å². The first-order chi connectivity index (χ1) is 14.9. The zero-order chi connectivity index (χ0) is 22.2. The smallest absolute Gasteiger partial charge is 0.339 e. The maximum atomic E-state index is 12.3. The molecule has 0 atom stereocenters. The largest absolute Gasteiger partial charge is 0.465 e. The van der Waals surface area contributed by atoms with Gasteiger partial charge in [-0.15, -0.1) is 11.3 Å². The molecule has 1 aromatic heterocycles. The van der Waals surface area contributed by atoms with Gasteiger partial charge in [0.25, 0.3) is 0 Å². The van der Waals surface area contributed by atoms with Crippen LogP contribution < -0.4 is 16.0 Å². The molecule has 0 saturated carbocycles. The van der Waals surface area contributed by atoms with Gasteiger partial charge in [-0.3, -0.25) is 10.1 Å². The molecule has 0 fully saturated rings. The Balaban J connectivity index is 1.50. The van der Waals surface area contributed by atoms with Crippen molar-refractivity contribution in [3.63, 3.8) is 0 Å². The van der Waals surface area contributed by atoms with E-state index in [1.807, 2.05) is 0 Å². The molecule has 0 radical (unpaired) electrons. The Morgan fingerprint density at radius 1 is 1.06 bits per heavy atom. The van der Waals surface area contributed by atoms with Gasteiger partial charge in [-0.25, -0.2) is 14.6 Å². The van der Waals surface area contributed by atoms with Crippen molar-refractivity contribution in [3.05, 3.63) is 70.2 Å². The number of anilines is 3. The highest BCUT2D eigenvalue weighted by atomic mass is 35.5. The predicted octanol–water partition coefficient (Wildman–Crippen LogP) is 4.80. The summed E-state index contributed by atoms with van der Waals surface area (Å²) in [6.07, 6.45) is 0.535. The molecule has 8 nitrogen and oxygen atoms in total. The van der Waals surface area contributed by atoms with E-state index in [1.54, 1.807) is 53.9 Å². The average molecular weight is 459 g/mol. The topological polar surface area (TPSA) is 109 Å². The number of para-hydroxylation sites is 1. The summed E-state index contributed by atoms with van der Waals surface area (Å²) in [5, 5.41) is 10.7. The van der Waals surface area contributed by atoms with Crippen LogP contribution in [0.2, 0.25) is 5.02 Å². The fourth-order valence-corrected chi connectivity index (χ4v) is 3.57. The number of hydrogen-bond donors (Lipinski definition) is 3. The number of urea groups is 1. The summed E-state index contributed by atoms with van der Waals surface area (Å²) in [6, 6.07) is 13.0. The van der Waals surface area contributed by atoms with Crippen LogP contribution >= 0.6 is 22.9 Å². The van der Waals surface area contributed by atoms with E-state index in [0.29, 0.717) is 33.6 Å². The number of thiazole rings is 1. The summed E-state index contributed by atoms with van der Waals surface area (Å²) < 4.78 is 4.72. The summed E-state index contributed by atoms with van der Waals surface area (Å²) >= 11 is 7.15. The van der Waals surface area contributed by atoms with Crippen LogP contribution in [0.4, 0.5) is 21.3 Å². The first kappa shape index (κ1) is 22.3. The lowest BCUT2D eigenvalue weighted by atomic mass is 10.1. The summed E-state index contributed by atoms with van der Waals surface area (Å²) in [5.41, 5.74) is 1.90. The second-order valence-corrected chi connectivity index (χ2v) is 7.61. The molecule has 0 bridgehead atoms. The number of benzene rings is 2. The van der Waals surface area contributed by atoms with E-state index in [2.05, 4.69) is 20.9 Å². The number of esters is 1. The standard InChI is InChI=1S/C21H19ClN4O4S/c1-30-19(28)16-7-2-3-8-17(16)25-18(27)10-9-15-12-31-21(24-15)26-20(29)23-14-6-4-5-13(22)11-14/h2-8,11-12H,9-10H2,1H3,(H,25,27)(H2,23,24,26,29). The summed E-state index contributed by atoms with van der Waals surface area (Å²) in [5.74, 6) is -0.792. The molecule has 0 aliphatic carbocycles. The number of carbonyl (C=O) groups is 3. The van der Waals surface area contributed by atoms with Gasteiger partial charge in [-0.1, -0.05) is 29.8 Å². The molecule has 3 rings (SSSR count). The number of aromatic nitrogens is 1. The number of carbonyl (C=O) groups excluding carboxylic acids is 3. The number of nitrogens with one attached hydrogen (secondary N) is 3. The molecule has 3 N–H and O–H groups in total. The van der Waals surface area contributed by atoms with Crippen molar-refractivity contribution < 1.29 is 19.1 Å². The van der Waals surface area contributed by atoms with E-state index in [4.69, 9.17) is 16.3 Å². The Morgan fingerprint density at radius 3 is 2.65 bits per heavy atom. The average Bonchev–Trinajstić information content (AvgIpc) is 3.19. The van der Waals surface area contributed by atoms with Gasteiger partial charge >= 0.3 is 12.0 Å². The minimum atomic E-state index is -0.526. The van der Waals surface area contributed by atoms with Crippen LogP contribution in [0.1, 0.15) is 22.5 Å². The lowest BCUT2D eigenvalue weighted by Crippen LogP contribution is -2.19. The van der Waals surface area contributed by atoms with E-state index in [9.17, 15) is 14.4 Å². The van der Waals surface area contributed by atoms with Crippen LogP contribution in [0.15, 0.2) is 53.9 Å². The van der Waals surface area contributed by atoms with Crippen molar-refractivity contribution in [1.29, 1.82) is 0 Å². The fourth-order valence-electron chi connectivity index (χ4n) is 2.64. The van der Waals surface area contributed by atoms with Gasteiger partial charge < -0.3 is 15.4 Å². The molecular weight excluding hydrogens is 440 g/mol. The van der Waals surface area contributed by atoms with Gasteiger partial charge in [-0.2, -0.15) is 0 Å². The molecule has 0 unspecified atom stereocenters. The van der Waals surface area contributed by atoms with Crippen molar-refractivity contribution >= 4 is 57.4 Å². The Kier molecular flexibility index (Phi) is 7.58. The van der Waals surface area contributed by atoms with E-state index in [1.165, 1.54) is 18.4 Å². The maximum absolute atomic E-state index is 12.3. The number of amides is 3. The highest BCUT2D eigenvalue weighted by molar-refractivity contribution is 7.13. The lowest BCUT2D eigenvalue weighted by molar-refractivity contribution is -0.116. The molecule has 2 aromatic carbocycles. The van der Waals surface area contributed by atoms with Gasteiger partial charge in [0.05, 0.1) is 24.1 Å². The highest BCUT2D eigenvalue weighted by Crippen LogP contribution is 2.20. The Labute approximate surface area is 187 Å². The third-order valence-electron chi connectivity index (χ3n) is 4.07. The molecule has 31 heavy (non-hydrogen) atoms. The zero-order valence-electron chi connectivity index (χ0n) is 16.5. The van der Waals surface area contributed by atoms with Gasteiger partial charge in [-0.05, 0) is 36.8 Å². The number of halogens is 1. The third kappa shape index (κ3) is 6.53. The van der Waals surface area contributed by atoms with Crippen LogP contribution in [0.25, 0.3) is 0 Å². The third-order valence-corrected chi connectivity index (χ3v) is 5.11. The number of nitrogens with zero attached hydrogens (tertiary/aromatic N) is 1. The number of aryl methyl sites for hydroxylation is 1. The van der Waals surface area contributed by atoms with Crippen LogP contribution in [0.5, 0.6) is 0 Å². The minimum Gasteiger partial charge on any atom is -0.465 e. The number of methoxy groups -OCH3 is 1. The molecule has 10 heteroatoms. The van der Waals surface area contributed by atoms with Crippen LogP contribution in [-0.2, 0) is 16.0 Å². The van der Waals surface area contributed by atoms with E-state index >= 15 is 0 Å². The van der Waals surface area contributed by atoms with Gasteiger partial charge in [0.2, 0.25) is 5.91 Å². The lowest BCUT2D eigenvalue weighted by Gasteiger charge is -2.09. The zero-order valence-corrected chi connectivity index (χ0v) is 18.0. The molecular formula is C21H19ClN4O4S. The molecule has 3 aromatic rings. The van der Waals surface area contributed by atoms with Crippen molar-refractivity contribution in [1.82, 2.24) is 4.98 Å².